The van der Waals surface area contributed by atoms with Crippen LogP contribution in [0.2, 0.25) is 0 Å². The average Bonchev–Trinajstić information content (AvgIpc) is 2.67. The van der Waals surface area contributed by atoms with Crippen molar-refractivity contribution >= 4 is 35.4 Å². The van der Waals surface area contributed by atoms with E-state index in [1.807, 2.05) is 42.5 Å². The minimum absolute atomic E-state index is 0.0193. The monoisotopic (exact) mass is 416 g/mol. The van der Waals surface area contributed by atoms with Crippen LogP contribution in [0, 0.1) is 0 Å². The number of carbonyl (C=O) groups excluding carboxylic acids is 2. The Balaban J connectivity index is 2.52. The quantitative estimate of drug-likeness (QED) is 0.648. The molecule has 7 nitrogen and oxygen atoms in total. The van der Waals surface area contributed by atoms with Gasteiger partial charge in [0.1, 0.15) is 6.04 Å². The van der Waals surface area contributed by atoms with E-state index in [0.29, 0.717) is 11.3 Å². The number of hydrogen-bond donors (Lipinski definition) is 2. The molecule has 0 radical (unpaired) electrons. The SMILES string of the molecule is CC(C)OC(=O)N(c1ccccc1-c1ccccc1)[C@@H](CSCC(N)=O)C(=O)O. The van der Waals surface area contributed by atoms with Crippen LogP contribution >= 0.6 is 11.8 Å². The number of nitrogens with zero attached hydrogens (tertiary/aromatic N) is 1. The molecule has 0 unspecified atom stereocenters. The highest BCUT2D eigenvalue weighted by Crippen LogP contribution is 2.33. The largest absolute Gasteiger partial charge is 0.480 e. The van der Waals surface area contributed by atoms with Crippen LogP contribution in [0.4, 0.5) is 10.5 Å². The van der Waals surface area contributed by atoms with E-state index in [0.717, 1.165) is 22.2 Å². The van der Waals surface area contributed by atoms with Crippen LogP contribution < -0.4 is 10.6 Å². The van der Waals surface area contributed by atoms with Crippen molar-refractivity contribution < 1.29 is 24.2 Å². The highest BCUT2D eigenvalue weighted by molar-refractivity contribution is 8.00. The Hall–Kier alpha value is -3.00. The van der Waals surface area contributed by atoms with E-state index in [2.05, 4.69) is 0 Å². The summed E-state index contributed by atoms with van der Waals surface area (Å²) in [7, 11) is 0. The number of thioether (sulfide) groups is 1. The first-order valence-electron chi connectivity index (χ1n) is 9.04. The lowest BCUT2D eigenvalue weighted by molar-refractivity contribution is -0.138. The smallest absolute Gasteiger partial charge is 0.415 e. The first-order valence-corrected chi connectivity index (χ1v) is 10.2. The van der Waals surface area contributed by atoms with Crippen molar-refractivity contribution in [3.05, 3.63) is 54.6 Å². The van der Waals surface area contributed by atoms with Crippen molar-refractivity contribution in [2.75, 3.05) is 16.4 Å². The van der Waals surface area contributed by atoms with Gasteiger partial charge in [-0.25, -0.2) is 9.59 Å². The number of carboxylic acids is 1. The fraction of sp³-hybridized carbons (Fsp3) is 0.286. The minimum atomic E-state index is -1.24. The van der Waals surface area contributed by atoms with E-state index >= 15 is 0 Å². The number of carboxylic acid groups (broad SMARTS) is 1. The summed E-state index contributed by atoms with van der Waals surface area (Å²) in [6.45, 7) is 3.38. The van der Waals surface area contributed by atoms with Crippen molar-refractivity contribution in [2.45, 2.75) is 26.0 Å². The molecule has 2 aromatic rings. The molecule has 8 heteroatoms. The molecule has 0 saturated heterocycles. The maximum Gasteiger partial charge on any atom is 0.415 e. The van der Waals surface area contributed by atoms with Crippen molar-refractivity contribution in [1.82, 2.24) is 0 Å². The second-order valence-electron chi connectivity index (χ2n) is 6.52. The molecule has 2 aromatic carbocycles. The third kappa shape index (κ3) is 6.25. The Morgan fingerprint density at radius 2 is 1.69 bits per heavy atom. The van der Waals surface area contributed by atoms with Gasteiger partial charge < -0.3 is 15.6 Å². The molecule has 1 atom stereocenters. The molecule has 0 bridgehead atoms. The summed E-state index contributed by atoms with van der Waals surface area (Å²) < 4.78 is 5.34. The third-order valence-corrected chi connectivity index (χ3v) is 4.94. The maximum absolute atomic E-state index is 12.9. The van der Waals surface area contributed by atoms with Crippen LogP contribution in [-0.4, -0.2) is 46.7 Å². The number of primary amides is 1. The molecule has 2 rings (SSSR count). The van der Waals surface area contributed by atoms with Gasteiger partial charge in [0.15, 0.2) is 0 Å². The summed E-state index contributed by atoms with van der Waals surface area (Å²) >= 11 is 1.05. The number of anilines is 1. The van der Waals surface area contributed by atoms with Crippen molar-refractivity contribution in [3.63, 3.8) is 0 Å². The molecule has 29 heavy (non-hydrogen) atoms. The zero-order valence-electron chi connectivity index (χ0n) is 16.3. The molecule has 154 valence electrons. The molecule has 0 spiro atoms. The van der Waals surface area contributed by atoms with Gasteiger partial charge >= 0.3 is 12.1 Å². The molecular weight excluding hydrogens is 392 g/mol. The van der Waals surface area contributed by atoms with Crippen LogP contribution in [0.15, 0.2) is 54.6 Å². The molecule has 3 N–H and O–H groups in total. The molecule has 2 amide bonds. The Morgan fingerprint density at radius 1 is 1.07 bits per heavy atom. The van der Waals surface area contributed by atoms with Crippen molar-refractivity contribution in [2.24, 2.45) is 5.73 Å². The molecule has 0 saturated carbocycles. The van der Waals surface area contributed by atoms with Crippen molar-refractivity contribution in [1.29, 1.82) is 0 Å². The second-order valence-corrected chi connectivity index (χ2v) is 7.55. The third-order valence-electron chi connectivity index (χ3n) is 3.90. The summed E-state index contributed by atoms with van der Waals surface area (Å²) in [6.07, 6.45) is -1.20. The fourth-order valence-electron chi connectivity index (χ4n) is 2.72. The molecular formula is C21H24N2O5S. The van der Waals surface area contributed by atoms with Crippen LogP contribution in [0.25, 0.3) is 11.1 Å². The summed E-state index contributed by atoms with van der Waals surface area (Å²) in [5.41, 5.74) is 7.10. The number of aliphatic carboxylic acids is 1. The van der Waals surface area contributed by atoms with E-state index in [4.69, 9.17) is 10.5 Å². The van der Waals surface area contributed by atoms with Gasteiger partial charge in [-0.2, -0.15) is 0 Å². The topological polar surface area (TPSA) is 110 Å². The number of carbonyl (C=O) groups is 3. The summed E-state index contributed by atoms with van der Waals surface area (Å²) in [6, 6.07) is 15.1. The first-order chi connectivity index (χ1) is 13.8. The number of benzene rings is 2. The van der Waals surface area contributed by atoms with Gasteiger partial charge in [0.2, 0.25) is 5.91 Å². The predicted octanol–water partition coefficient (Wildman–Crippen LogP) is 3.38. The number of nitrogens with two attached hydrogens (primary N) is 1. The summed E-state index contributed by atoms with van der Waals surface area (Å²) in [5, 5.41) is 9.84. The zero-order chi connectivity index (χ0) is 21.4. The van der Waals surface area contributed by atoms with Crippen molar-refractivity contribution in [3.8, 4) is 11.1 Å². The van der Waals surface area contributed by atoms with Gasteiger partial charge in [-0.1, -0.05) is 48.5 Å². The van der Waals surface area contributed by atoms with Gasteiger partial charge in [-0.15, -0.1) is 11.8 Å². The minimum Gasteiger partial charge on any atom is -0.480 e. The van der Waals surface area contributed by atoms with Gasteiger partial charge in [0.25, 0.3) is 0 Å². The fourth-order valence-corrected chi connectivity index (χ4v) is 3.56. The Bertz CT molecular complexity index is 857. The van der Waals surface area contributed by atoms with Gasteiger partial charge in [-0.3, -0.25) is 9.69 Å². The molecule has 0 aliphatic rings. The lowest BCUT2D eigenvalue weighted by Crippen LogP contribution is -2.48. The Morgan fingerprint density at radius 3 is 2.28 bits per heavy atom. The molecule has 0 aromatic heterocycles. The van der Waals surface area contributed by atoms with E-state index in [9.17, 15) is 19.5 Å². The van der Waals surface area contributed by atoms with Crippen LogP contribution in [0.5, 0.6) is 0 Å². The number of rotatable bonds is 9. The average molecular weight is 416 g/mol. The van der Waals surface area contributed by atoms with E-state index in [-0.39, 0.29) is 11.5 Å². The van der Waals surface area contributed by atoms with E-state index in [1.54, 1.807) is 26.0 Å². The van der Waals surface area contributed by atoms with Gasteiger partial charge in [0, 0.05) is 11.3 Å². The maximum atomic E-state index is 12.9. The van der Waals surface area contributed by atoms with E-state index < -0.39 is 30.1 Å². The lowest BCUT2D eigenvalue weighted by Gasteiger charge is -2.30. The van der Waals surface area contributed by atoms with Crippen LogP contribution in [0.3, 0.4) is 0 Å². The molecule has 0 aliphatic heterocycles. The lowest BCUT2D eigenvalue weighted by atomic mass is 10.0. The molecule has 0 aliphatic carbocycles. The highest BCUT2D eigenvalue weighted by Gasteiger charge is 2.34. The molecule has 0 heterocycles. The van der Waals surface area contributed by atoms with Gasteiger partial charge in [-0.05, 0) is 25.5 Å². The standard InChI is InChI=1S/C21H24N2O5S/c1-14(2)28-21(27)23(18(20(25)26)12-29-13-19(22)24)17-11-7-6-10-16(17)15-8-4-3-5-9-15/h3-11,14,18H,12-13H2,1-2H3,(H2,22,24)(H,25,26)/t18-/m0/s1. The second kappa shape index (κ2) is 10.5. The number of ether oxygens (including phenoxy) is 1. The molecule has 0 fully saturated rings. The number of hydrogen-bond acceptors (Lipinski definition) is 5. The summed E-state index contributed by atoms with van der Waals surface area (Å²) in [5.74, 6) is -1.82. The Labute approximate surface area is 173 Å². The first kappa shape index (κ1) is 22.3. The van der Waals surface area contributed by atoms with Gasteiger partial charge in [0.05, 0.1) is 17.5 Å². The van der Waals surface area contributed by atoms with Crippen LogP contribution in [-0.2, 0) is 14.3 Å². The van der Waals surface area contributed by atoms with Crippen LogP contribution in [0.1, 0.15) is 13.8 Å². The predicted molar refractivity (Wildman–Crippen MR) is 114 cm³/mol. The zero-order valence-corrected chi connectivity index (χ0v) is 17.1. The summed E-state index contributed by atoms with van der Waals surface area (Å²) in [4.78, 5) is 37.2. The normalized spacial score (nSPS) is 11.7. The number of amides is 2. The number of para-hydroxylation sites is 1. The van der Waals surface area contributed by atoms with E-state index in [1.165, 1.54) is 0 Å². The Kier molecular flexibility index (Phi) is 8.09. The highest BCUT2D eigenvalue weighted by atomic mass is 32.2.